The Hall–Kier alpha value is -2.15. The average Bonchev–Trinajstić information content (AvgIpc) is 3.20. The Bertz CT molecular complexity index is 932. The molecule has 6 nitrogen and oxygen atoms in total. The quantitative estimate of drug-likeness (QED) is 0.788. The lowest BCUT2D eigenvalue weighted by Gasteiger charge is -2.14. The van der Waals surface area contributed by atoms with Gasteiger partial charge in [0, 0.05) is 16.8 Å². The van der Waals surface area contributed by atoms with E-state index in [2.05, 4.69) is 4.98 Å². The van der Waals surface area contributed by atoms with Gasteiger partial charge in [-0.25, -0.2) is 4.79 Å². The first-order valence-corrected chi connectivity index (χ1v) is 8.07. The van der Waals surface area contributed by atoms with Gasteiger partial charge in [0.05, 0.1) is 18.1 Å². The van der Waals surface area contributed by atoms with Crippen LogP contribution in [0.4, 0.5) is 0 Å². The highest BCUT2D eigenvalue weighted by Crippen LogP contribution is 2.30. The van der Waals surface area contributed by atoms with Crippen molar-refractivity contribution >= 4 is 22.7 Å². The van der Waals surface area contributed by atoms with Gasteiger partial charge < -0.3 is 14.3 Å². The van der Waals surface area contributed by atoms with Crippen molar-refractivity contribution in [2.24, 2.45) is 0 Å². The molecule has 0 saturated carbocycles. The summed E-state index contributed by atoms with van der Waals surface area (Å²) in [5.74, 6) is 0.617. The molecule has 2 atom stereocenters. The Morgan fingerprint density at radius 2 is 2.08 bits per heavy atom. The van der Waals surface area contributed by atoms with Crippen LogP contribution in [0.5, 0.6) is 0 Å². The highest BCUT2D eigenvalue weighted by atomic mass is 35.5. The molecule has 0 aliphatic carbocycles. The summed E-state index contributed by atoms with van der Waals surface area (Å²) in [4.78, 5) is 16.2. The first-order valence-electron chi connectivity index (χ1n) is 7.69. The van der Waals surface area contributed by atoms with Crippen LogP contribution in [0.2, 0.25) is 5.02 Å². The highest BCUT2D eigenvalue weighted by Gasteiger charge is 2.27. The number of nitrogens with zero attached hydrogens (tertiary/aromatic N) is 2. The van der Waals surface area contributed by atoms with Crippen molar-refractivity contribution in [2.45, 2.75) is 25.2 Å². The lowest BCUT2D eigenvalue weighted by molar-refractivity contribution is -0.0243. The number of hydrogen-bond acceptors (Lipinski definition) is 5. The molecule has 24 heavy (non-hydrogen) atoms. The fourth-order valence-electron chi connectivity index (χ4n) is 2.91. The number of aromatic nitrogens is 2. The molecule has 1 aromatic carbocycles. The van der Waals surface area contributed by atoms with E-state index in [0.29, 0.717) is 23.6 Å². The molecule has 7 heteroatoms. The molecule has 3 heterocycles. The lowest BCUT2D eigenvalue weighted by Crippen LogP contribution is -2.27. The molecule has 1 saturated heterocycles. The second-order valence-corrected chi connectivity index (χ2v) is 6.22. The van der Waals surface area contributed by atoms with Crippen LogP contribution in [-0.2, 0) is 4.74 Å². The predicted molar refractivity (Wildman–Crippen MR) is 88.9 cm³/mol. The maximum absolute atomic E-state index is 12.2. The van der Waals surface area contributed by atoms with Gasteiger partial charge in [-0.3, -0.25) is 4.57 Å². The number of hydrogen-bond donors (Lipinski definition) is 1. The molecule has 1 N–H and O–H groups in total. The third-order valence-electron chi connectivity index (χ3n) is 4.16. The normalized spacial score (nSPS) is 20.8. The van der Waals surface area contributed by atoms with Crippen molar-refractivity contribution < 1.29 is 14.3 Å². The zero-order chi connectivity index (χ0) is 16.7. The van der Waals surface area contributed by atoms with Crippen molar-refractivity contribution in [1.82, 2.24) is 9.55 Å². The molecule has 0 radical (unpaired) electrons. The van der Waals surface area contributed by atoms with E-state index >= 15 is 0 Å². The average molecular weight is 347 g/mol. The second kappa shape index (κ2) is 6.05. The molecule has 3 aromatic rings. The van der Waals surface area contributed by atoms with Gasteiger partial charge in [0.25, 0.3) is 0 Å². The van der Waals surface area contributed by atoms with Gasteiger partial charge in [-0.15, -0.1) is 0 Å². The van der Waals surface area contributed by atoms with E-state index < -0.39 is 11.9 Å². The summed E-state index contributed by atoms with van der Waals surface area (Å²) in [5, 5.41) is 10.5. The molecule has 2 aromatic heterocycles. The van der Waals surface area contributed by atoms with E-state index in [1.807, 2.05) is 18.2 Å². The van der Waals surface area contributed by atoms with E-state index in [1.165, 1.54) is 4.57 Å². The first kappa shape index (κ1) is 15.4. The minimum atomic E-state index is -0.428. The number of fused-ring (bicyclic) bond motifs is 1. The molecule has 0 amide bonds. The molecule has 0 bridgehead atoms. The fraction of sp³-hybridized carbons (Fsp3) is 0.294. The summed E-state index contributed by atoms with van der Waals surface area (Å²) in [7, 11) is 0. The molecule has 1 aliphatic heterocycles. The van der Waals surface area contributed by atoms with Crippen LogP contribution in [0.15, 0.2) is 45.7 Å². The van der Waals surface area contributed by atoms with E-state index in [0.717, 1.165) is 10.9 Å². The smallest absolute Gasteiger partial charge is 0.353 e. The molecule has 0 unspecified atom stereocenters. The highest BCUT2D eigenvalue weighted by molar-refractivity contribution is 6.30. The monoisotopic (exact) mass is 346 g/mol. The van der Waals surface area contributed by atoms with Crippen LogP contribution in [0.25, 0.3) is 22.4 Å². The van der Waals surface area contributed by atoms with Crippen LogP contribution in [0.3, 0.4) is 0 Å². The minimum absolute atomic E-state index is 0.0483. The summed E-state index contributed by atoms with van der Waals surface area (Å²) in [6.07, 6.45) is 2.44. The summed E-state index contributed by atoms with van der Waals surface area (Å²) in [5.41, 5.74) is 0.717. The van der Waals surface area contributed by atoms with Gasteiger partial charge >= 0.3 is 5.69 Å². The van der Waals surface area contributed by atoms with E-state index in [-0.39, 0.29) is 18.4 Å². The largest absolute Gasteiger partial charge is 0.437 e. The van der Waals surface area contributed by atoms with Crippen LogP contribution < -0.4 is 5.69 Å². The van der Waals surface area contributed by atoms with Crippen molar-refractivity contribution in [3.63, 3.8) is 0 Å². The van der Waals surface area contributed by atoms with E-state index in [1.54, 1.807) is 18.3 Å². The third kappa shape index (κ3) is 2.73. The van der Waals surface area contributed by atoms with E-state index in [4.69, 9.17) is 25.9 Å². The zero-order valence-corrected chi connectivity index (χ0v) is 13.4. The van der Waals surface area contributed by atoms with Gasteiger partial charge in [0.2, 0.25) is 5.71 Å². The SMILES string of the molecule is O=c1nc2oc(-c3ccc(Cl)cc3)cc2cn1[C@H]1CC[C@@H](CO)O1. The van der Waals surface area contributed by atoms with Gasteiger partial charge in [-0.05, 0) is 43.2 Å². The summed E-state index contributed by atoms with van der Waals surface area (Å²) in [6, 6.07) is 9.08. The number of aliphatic hydroxyl groups is 1. The van der Waals surface area contributed by atoms with Gasteiger partial charge in [-0.1, -0.05) is 11.6 Å². The topological polar surface area (TPSA) is 77.5 Å². The second-order valence-electron chi connectivity index (χ2n) is 5.78. The van der Waals surface area contributed by atoms with Crippen molar-refractivity contribution in [3.8, 4) is 11.3 Å². The molecule has 1 aliphatic rings. The molecule has 1 fully saturated rings. The number of rotatable bonds is 3. The third-order valence-corrected chi connectivity index (χ3v) is 4.42. The van der Waals surface area contributed by atoms with Gasteiger partial charge in [-0.2, -0.15) is 4.98 Å². The number of benzene rings is 1. The number of halogens is 1. The molecule has 124 valence electrons. The predicted octanol–water partition coefficient (Wildman–Crippen LogP) is 2.98. The molecule has 0 spiro atoms. The van der Waals surface area contributed by atoms with Crippen LogP contribution >= 0.6 is 11.6 Å². The maximum Gasteiger partial charge on any atom is 0.353 e. The Morgan fingerprint density at radius 1 is 1.29 bits per heavy atom. The fourth-order valence-corrected chi connectivity index (χ4v) is 3.04. The standard InChI is InChI=1S/C17H15ClN2O4/c18-12-3-1-10(2-4-12)14-7-11-8-20(17(22)19-16(11)24-14)15-6-5-13(9-21)23-15/h1-4,7-8,13,15,21H,5-6,9H2/t13-,15+/m0/s1. The Labute approximate surface area is 142 Å². The Morgan fingerprint density at radius 3 is 2.79 bits per heavy atom. The van der Waals surface area contributed by atoms with Crippen molar-refractivity contribution in [1.29, 1.82) is 0 Å². The summed E-state index contributed by atoms with van der Waals surface area (Å²) >= 11 is 5.90. The van der Waals surface area contributed by atoms with Gasteiger partial charge in [0.15, 0.2) is 0 Å². The van der Waals surface area contributed by atoms with Crippen LogP contribution in [0, 0.1) is 0 Å². The lowest BCUT2D eigenvalue weighted by atomic mass is 10.2. The van der Waals surface area contributed by atoms with Crippen molar-refractivity contribution in [2.75, 3.05) is 6.61 Å². The Kier molecular flexibility index (Phi) is 3.88. The van der Waals surface area contributed by atoms with Crippen LogP contribution in [-0.4, -0.2) is 27.4 Å². The molecular weight excluding hydrogens is 332 g/mol. The number of ether oxygens (including phenoxy) is 1. The van der Waals surface area contributed by atoms with Crippen molar-refractivity contribution in [3.05, 3.63) is 52.0 Å². The minimum Gasteiger partial charge on any atom is -0.437 e. The zero-order valence-electron chi connectivity index (χ0n) is 12.7. The molecule has 4 rings (SSSR count). The first-order chi connectivity index (χ1) is 11.6. The van der Waals surface area contributed by atoms with Gasteiger partial charge in [0.1, 0.15) is 12.0 Å². The number of furan rings is 1. The van der Waals surface area contributed by atoms with Crippen LogP contribution in [0.1, 0.15) is 19.1 Å². The summed E-state index contributed by atoms with van der Waals surface area (Å²) < 4.78 is 12.8. The molecular formula is C17H15ClN2O4. The number of aliphatic hydroxyl groups excluding tert-OH is 1. The maximum atomic E-state index is 12.2. The summed E-state index contributed by atoms with van der Waals surface area (Å²) in [6.45, 7) is -0.0483. The van der Waals surface area contributed by atoms with E-state index in [9.17, 15) is 4.79 Å². The Balaban J connectivity index is 1.73.